The number of carbonyl (C=O) groups is 3. The molecule has 0 amide bonds. The molecule has 21 heavy (non-hydrogen) atoms. The van der Waals surface area contributed by atoms with E-state index in [-0.39, 0.29) is 0 Å². The molecule has 0 aromatic rings. The summed E-state index contributed by atoms with van der Waals surface area (Å²) in [4.78, 5) is 27.8. The lowest BCUT2D eigenvalue weighted by molar-refractivity contribution is -0.132. The minimum absolute atomic E-state index is 0.331. The average Bonchev–Trinajstić information content (AvgIpc) is 2.40. The van der Waals surface area contributed by atoms with Gasteiger partial charge in [0.2, 0.25) is 0 Å². The van der Waals surface area contributed by atoms with Crippen molar-refractivity contribution in [2.75, 3.05) is 6.61 Å². The predicted molar refractivity (Wildman–Crippen MR) is 80.0 cm³/mol. The molecule has 7 nitrogen and oxygen atoms in total. The van der Waals surface area contributed by atoms with Crippen LogP contribution in [0.15, 0.2) is 38.0 Å². The van der Waals surface area contributed by atoms with Gasteiger partial charge in [-0.3, -0.25) is 0 Å². The van der Waals surface area contributed by atoms with Crippen molar-refractivity contribution >= 4 is 17.9 Å². The minimum atomic E-state index is -0.981. The van der Waals surface area contributed by atoms with E-state index in [1.165, 1.54) is 0 Å². The normalized spacial score (nSPS) is 7.43. The van der Waals surface area contributed by atoms with Crippen LogP contribution in [0.4, 0.5) is 0 Å². The van der Waals surface area contributed by atoms with E-state index in [0.717, 1.165) is 24.6 Å². The van der Waals surface area contributed by atoms with Gasteiger partial charge in [-0.25, -0.2) is 14.4 Å². The van der Waals surface area contributed by atoms with E-state index in [1.54, 1.807) is 0 Å². The molecule has 0 saturated heterocycles. The molecule has 0 heterocycles. The zero-order valence-corrected chi connectivity index (χ0v) is 12.4. The predicted octanol–water partition coefficient (Wildman–Crippen LogP) is 1.80. The lowest BCUT2D eigenvalue weighted by Gasteiger charge is -1.95. The summed E-state index contributed by atoms with van der Waals surface area (Å²) in [5, 5.41) is 31.0. The topological polar surface area (TPSA) is 132 Å². The van der Waals surface area contributed by atoms with Crippen LogP contribution in [0.25, 0.3) is 0 Å². The summed E-state index contributed by atoms with van der Waals surface area (Å²) in [7, 11) is 0. The van der Waals surface area contributed by atoms with E-state index in [2.05, 4.69) is 33.6 Å². The van der Waals surface area contributed by atoms with Crippen molar-refractivity contribution in [3.05, 3.63) is 38.0 Å². The van der Waals surface area contributed by atoms with Crippen molar-refractivity contribution < 1.29 is 34.8 Å². The van der Waals surface area contributed by atoms with Gasteiger partial charge in [0.15, 0.2) is 0 Å². The van der Waals surface area contributed by atoms with Crippen LogP contribution in [-0.4, -0.2) is 44.9 Å². The van der Waals surface area contributed by atoms with Crippen LogP contribution in [0.3, 0.4) is 0 Å². The molecule has 7 heteroatoms. The van der Waals surface area contributed by atoms with Crippen molar-refractivity contribution in [1.82, 2.24) is 0 Å². The number of hydrogen-bond acceptors (Lipinski definition) is 4. The number of carboxylic acid groups (broad SMARTS) is 3. The van der Waals surface area contributed by atoms with E-state index in [0.29, 0.717) is 12.5 Å². The first-order chi connectivity index (χ1) is 9.58. The molecular weight excluding hydrogens is 280 g/mol. The van der Waals surface area contributed by atoms with E-state index in [1.807, 2.05) is 0 Å². The Balaban J connectivity index is -0.0000000921. The summed E-state index contributed by atoms with van der Waals surface area (Å²) in [6.45, 7) is 13.4. The molecule has 0 radical (unpaired) electrons. The zero-order valence-electron chi connectivity index (χ0n) is 12.4. The van der Waals surface area contributed by atoms with Gasteiger partial charge in [-0.2, -0.15) is 0 Å². The van der Waals surface area contributed by atoms with Gasteiger partial charge < -0.3 is 20.4 Å². The molecule has 0 rings (SSSR count). The maximum atomic E-state index is 9.25. The Kier molecular flexibility index (Phi) is 29.3. The summed E-state index contributed by atoms with van der Waals surface area (Å²) >= 11 is 0. The van der Waals surface area contributed by atoms with Gasteiger partial charge in [0.1, 0.15) is 0 Å². The molecule has 0 aliphatic heterocycles. The Morgan fingerprint density at radius 3 is 1.05 bits per heavy atom. The first-order valence-electron chi connectivity index (χ1n) is 5.75. The average molecular weight is 304 g/mol. The standard InChI is InChI=1S/C5H12O.3C3H4O2/c1-5(2)3-4-6;3*1-2-3(4)5/h5-6H,3-4H2,1-2H3;3*2H,1H2,(H,4,5). The third-order valence-electron chi connectivity index (χ3n) is 1.23. The van der Waals surface area contributed by atoms with Crippen LogP contribution in [0.5, 0.6) is 0 Å². The first kappa shape index (κ1) is 27.0. The van der Waals surface area contributed by atoms with Crippen LogP contribution in [0.1, 0.15) is 20.3 Å². The van der Waals surface area contributed by atoms with E-state index in [9.17, 15) is 14.4 Å². The van der Waals surface area contributed by atoms with E-state index < -0.39 is 17.9 Å². The van der Waals surface area contributed by atoms with Gasteiger partial charge in [0, 0.05) is 24.8 Å². The highest BCUT2D eigenvalue weighted by molar-refractivity contribution is 5.79. The van der Waals surface area contributed by atoms with Gasteiger partial charge in [-0.15, -0.1) is 0 Å². The van der Waals surface area contributed by atoms with Crippen molar-refractivity contribution in [2.24, 2.45) is 5.92 Å². The van der Waals surface area contributed by atoms with Crippen LogP contribution < -0.4 is 0 Å². The van der Waals surface area contributed by atoms with E-state index >= 15 is 0 Å². The lowest BCUT2D eigenvalue weighted by atomic mass is 10.2. The molecular formula is C14H24O7. The summed E-state index contributed by atoms with van der Waals surface area (Å²) < 4.78 is 0. The minimum Gasteiger partial charge on any atom is -0.478 e. The fourth-order valence-corrected chi connectivity index (χ4v) is 0.258. The molecule has 0 saturated carbocycles. The van der Waals surface area contributed by atoms with Crippen LogP contribution >= 0.6 is 0 Å². The van der Waals surface area contributed by atoms with Crippen LogP contribution in [0.2, 0.25) is 0 Å². The molecule has 0 fully saturated rings. The highest BCUT2D eigenvalue weighted by Crippen LogP contribution is 1.94. The molecule has 0 aliphatic rings. The van der Waals surface area contributed by atoms with Gasteiger partial charge in [0.05, 0.1) is 0 Å². The lowest BCUT2D eigenvalue weighted by Crippen LogP contribution is -1.89. The molecule has 0 bridgehead atoms. The molecule has 0 aromatic carbocycles. The van der Waals surface area contributed by atoms with Crippen molar-refractivity contribution in [2.45, 2.75) is 20.3 Å². The highest BCUT2D eigenvalue weighted by Gasteiger charge is 1.86. The molecule has 122 valence electrons. The number of aliphatic carboxylic acids is 3. The number of aliphatic hydroxyl groups excluding tert-OH is 1. The molecule has 0 aromatic heterocycles. The smallest absolute Gasteiger partial charge is 0.327 e. The Labute approximate surface area is 124 Å². The Morgan fingerprint density at radius 1 is 0.857 bits per heavy atom. The maximum Gasteiger partial charge on any atom is 0.327 e. The summed E-state index contributed by atoms with van der Waals surface area (Å²) in [5.41, 5.74) is 0. The highest BCUT2D eigenvalue weighted by atomic mass is 16.4. The zero-order chi connectivity index (χ0) is 17.8. The SMILES string of the molecule is C=CC(=O)O.C=CC(=O)O.C=CC(=O)O.CC(C)CCO. The second-order valence-electron chi connectivity index (χ2n) is 3.53. The first-order valence-corrected chi connectivity index (χ1v) is 5.75. The van der Waals surface area contributed by atoms with Gasteiger partial charge >= 0.3 is 17.9 Å². The number of aliphatic hydroxyl groups is 1. The fourth-order valence-electron chi connectivity index (χ4n) is 0.258. The third-order valence-corrected chi connectivity index (χ3v) is 1.23. The second-order valence-corrected chi connectivity index (χ2v) is 3.53. The fraction of sp³-hybridized carbons (Fsp3) is 0.357. The molecule has 4 N–H and O–H groups in total. The molecule has 0 aliphatic carbocycles. The summed E-state index contributed by atoms with van der Waals surface area (Å²) in [5.74, 6) is -2.30. The number of carboxylic acids is 3. The van der Waals surface area contributed by atoms with Gasteiger partial charge in [-0.1, -0.05) is 33.6 Å². The second kappa shape index (κ2) is 22.7. The Bertz CT molecular complexity index is 276. The van der Waals surface area contributed by atoms with Crippen LogP contribution in [0, 0.1) is 5.92 Å². The number of rotatable bonds is 5. The molecule has 0 atom stereocenters. The summed E-state index contributed by atoms with van der Waals surface area (Å²) in [6, 6.07) is 0. The Morgan fingerprint density at radius 2 is 1.05 bits per heavy atom. The summed E-state index contributed by atoms with van der Waals surface area (Å²) in [6.07, 6.45) is 3.43. The monoisotopic (exact) mass is 304 g/mol. The maximum absolute atomic E-state index is 9.25. The van der Waals surface area contributed by atoms with Crippen molar-refractivity contribution in [3.63, 3.8) is 0 Å². The quantitative estimate of drug-likeness (QED) is 0.569. The molecule has 0 spiro atoms. The molecule has 0 unspecified atom stereocenters. The third kappa shape index (κ3) is 98.4. The van der Waals surface area contributed by atoms with Gasteiger partial charge in [0.25, 0.3) is 0 Å². The van der Waals surface area contributed by atoms with E-state index in [4.69, 9.17) is 20.4 Å². The van der Waals surface area contributed by atoms with Crippen molar-refractivity contribution in [1.29, 1.82) is 0 Å². The van der Waals surface area contributed by atoms with Crippen molar-refractivity contribution in [3.8, 4) is 0 Å². The van der Waals surface area contributed by atoms with Gasteiger partial charge in [-0.05, 0) is 12.3 Å². The number of hydrogen-bond donors (Lipinski definition) is 4. The largest absolute Gasteiger partial charge is 0.478 e. The Hall–Kier alpha value is -2.41. The van der Waals surface area contributed by atoms with Crippen LogP contribution in [-0.2, 0) is 14.4 Å².